The molecule has 0 atom stereocenters. The van der Waals surface area contributed by atoms with Crippen LogP contribution in [0.25, 0.3) is 0 Å². The van der Waals surface area contributed by atoms with Crippen LogP contribution >= 0.6 is 0 Å². The number of benzene rings is 2. The molecule has 0 fully saturated rings. The van der Waals surface area contributed by atoms with Crippen LogP contribution in [0.4, 0.5) is 0 Å². The Morgan fingerprint density at radius 1 is 1.05 bits per heavy atom. The van der Waals surface area contributed by atoms with E-state index >= 15 is 0 Å². The molecule has 0 saturated heterocycles. The standard InChI is InChI=1S/C17H20N2O2/c1-13-3-7-15(8-4-13)17(19-20-2)12-21-16-9-5-14(11-18)6-10-16/h3-10H,11-12,18H2,1-2H3/b19-17+. The summed E-state index contributed by atoms with van der Waals surface area (Å²) in [5, 5.41) is 4.04. The van der Waals surface area contributed by atoms with Gasteiger partial charge in [0.1, 0.15) is 25.2 Å². The van der Waals surface area contributed by atoms with Crippen LogP contribution in [0, 0.1) is 6.92 Å². The van der Waals surface area contributed by atoms with Gasteiger partial charge in [0.2, 0.25) is 0 Å². The predicted molar refractivity (Wildman–Crippen MR) is 84.6 cm³/mol. The van der Waals surface area contributed by atoms with Crippen molar-refractivity contribution in [1.82, 2.24) is 0 Å². The zero-order valence-electron chi connectivity index (χ0n) is 12.4. The van der Waals surface area contributed by atoms with E-state index in [2.05, 4.69) is 5.16 Å². The molecule has 2 rings (SSSR count). The van der Waals surface area contributed by atoms with Gasteiger partial charge in [0.05, 0.1) is 0 Å². The van der Waals surface area contributed by atoms with Crippen LogP contribution in [-0.4, -0.2) is 19.4 Å². The number of aryl methyl sites for hydroxylation is 1. The molecule has 0 aromatic heterocycles. The van der Waals surface area contributed by atoms with Crippen molar-refractivity contribution in [2.45, 2.75) is 13.5 Å². The summed E-state index contributed by atoms with van der Waals surface area (Å²) in [6, 6.07) is 15.8. The third kappa shape index (κ3) is 4.33. The van der Waals surface area contributed by atoms with E-state index in [0.717, 1.165) is 22.6 Å². The number of hydrogen-bond acceptors (Lipinski definition) is 4. The first-order chi connectivity index (χ1) is 10.2. The summed E-state index contributed by atoms with van der Waals surface area (Å²) in [7, 11) is 1.53. The fraction of sp³-hybridized carbons (Fsp3) is 0.235. The van der Waals surface area contributed by atoms with Gasteiger partial charge in [0.25, 0.3) is 0 Å². The van der Waals surface area contributed by atoms with Crippen molar-refractivity contribution >= 4 is 5.71 Å². The molecule has 110 valence electrons. The molecule has 2 N–H and O–H groups in total. The third-order valence-corrected chi connectivity index (χ3v) is 3.12. The Kier molecular flexibility index (Phi) is 5.35. The molecule has 0 radical (unpaired) electrons. The summed E-state index contributed by atoms with van der Waals surface area (Å²) >= 11 is 0. The Balaban J connectivity index is 2.06. The summed E-state index contributed by atoms with van der Waals surface area (Å²) in [5.41, 5.74) is 9.59. The Bertz CT molecular complexity index is 589. The largest absolute Gasteiger partial charge is 0.487 e. The minimum Gasteiger partial charge on any atom is -0.487 e. The lowest BCUT2D eigenvalue weighted by molar-refractivity contribution is 0.210. The number of nitrogens with zero attached hydrogens (tertiary/aromatic N) is 1. The minimum atomic E-state index is 0.346. The molecule has 0 aliphatic rings. The van der Waals surface area contributed by atoms with Gasteiger partial charge in [-0.2, -0.15) is 0 Å². The molecular weight excluding hydrogens is 264 g/mol. The zero-order valence-corrected chi connectivity index (χ0v) is 12.4. The molecule has 0 aliphatic heterocycles. The summed E-state index contributed by atoms with van der Waals surface area (Å²) < 4.78 is 5.75. The van der Waals surface area contributed by atoms with Crippen LogP contribution in [0.5, 0.6) is 5.75 Å². The molecule has 2 aromatic carbocycles. The Labute approximate surface area is 125 Å². The Morgan fingerprint density at radius 3 is 2.29 bits per heavy atom. The maximum absolute atomic E-state index is 5.75. The van der Waals surface area contributed by atoms with E-state index in [1.54, 1.807) is 0 Å². The van der Waals surface area contributed by atoms with Crippen molar-refractivity contribution in [2.24, 2.45) is 10.9 Å². The number of oxime groups is 1. The molecule has 4 nitrogen and oxygen atoms in total. The van der Waals surface area contributed by atoms with Crippen molar-refractivity contribution in [3.05, 3.63) is 65.2 Å². The van der Waals surface area contributed by atoms with E-state index in [-0.39, 0.29) is 0 Å². The minimum absolute atomic E-state index is 0.346. The van der Waals surface area contributed by atoms with E-state index in [9.17, 15) is 0 Å². The molecule has 0 spiro atoms. The number of hydrogen-bond donors (Lipinski definition) is 1. The van der Waals surface area contributed by atoms with Gasteiger partial charge >= 0.3 is 0 Å². The van der Waals surface area contributed by atoms with Gasteiger partial charge in [0.15, 0.2) is 0 Å². The van der Waals surface area contributed by atoms with Crippen LogP contribution in [0.3, 0.4) is 0 Å². The average molecular weight is 284 g/mol. The first kappa shape index (κ1) is 15.1. The maximum atomic E-state index is 5.75. The van der Waals surface area contributed by atoms with E-state index in [1.807, 2.05) is 55.5 Å². The SMILES string of the molecule is CO/N=C(\COc1ccc(CN)cc1)c1ccc(C)cc1. The number of nitrogens with two attached hydrogens (primary N) is 1. The van der Waals surface area contributed by atoms with Gasteiger partial charge in [-0.15, -0.1) is 0 Å². The normalized spacial score (nSPS) is 11.3. The van der Waals surface area contributed by atoms with Gasteiger partial charge in [-0.1, -0.05) is 47.1 Å². The number of rotatable bonds is 6. The lowest BCUT2D eigenvalue weighted by atomic mass is 10.1. The first-order valence-corrected chi connectivity index (χ1v) is 6.82. The molecule has 0 saturated carbocycles. The van der Waals surface area contributed by atoms with E-state index in [1.165, 1.54) is 12.7 Å². The lowest BCUT2D eigenvalue weighted by Gasteiger charge is -2.09. The molecule has 0 heterocycles. The van der Waals surface area contributed by atoms with Crippen molar-refractivity contribution in [1.29, 1.82) is 0 Å². The maximum Gasteiger partial charge on any atom is 0.134 e. The predicted octanol–water partition coefficient (Wildman–Crippen LogP) is 2.88. The smallest absolute Gasteiger partial charge is 0.134 e. The highest BCUT2D eigenvalue weighted by molar-refractivity contribution is 6.01. The van der Waals surface area contributed by atoms with E-state index < -0.39 is 0 Å². The summed E-state index contributed by atoms with van der Waals surface area (Å²) in [6.07, 6.45) is 0. The monoisotopic (exact) mass is 284 g/mol. The summed E-state index contributed by atoms with van der Waals surface area (Å²) in [4.78, 5) is 4.90. The molecule has 0 aliphatic carbocycles. The lowest BCUT2D eigenvalue weighted by Crippen LogP contribution is -2.13. The highest BCUT2D eigenvalue weighted by Gasteiger charge is 2.06. The quantitative estimate of drug-likeness (QED) is 0.655. The molecule has 0 unspecified atom stereocenters. The van der Waals surface area contributed by atoms with Crippen molar-refractivity contribution in [2.75, 3.05) is 13.7 Å². The molecule has 0 bridgehead atoms. The molecule has 4 heteroatoms. The number of ether oxygens (including phenoxy) is 1. The van der Waals surface area contributed by atoms with Gasteiger partial charge in [0, 0.05) is 12.1 Å². The molecular formula is C17H20N2O2. The third-order valence-electron chi connectivity index (χ3n) is 3.12. The van der Waals surface area contributed by atoms with Crippen LogP contribution in [0.15, 0.2) is 53.7 Å². The van der Waals surface area contributed by atoms with Crippen molar-refractivity contribution in [3.8, 4) is 5.75 Å². The van der Waals surface area contributed by atoms with Gasteiger partial charge in [-0.05, 0) is 24.6 Å². The summed E-state index contributed by atoms with van der Waals surface area (Å²) in [5.74, 6) is 0.781. The zero-order chi connectivity index (χ0) is 15.1. The highest BCUT2D eigenvalue weighted by Crippen LogP contribution is 2.13. The van der Waals surface area contributed by atoms with Gasteiger partial charge in [-0.25, -0.2) is 0 Å². The fourth-order valence-electron chi connectivity index (χ4n) is 1.89. The first-order valence-electron chi connectivity index (χ1n) is 6.82. The van der Waals surface area contributed by atoms with Gasteiger partial charge in [-0.3, -0.25) is 0 Å². The second-order valence-corrected chi connectivity index (χ2v) is 4.72. The van der Waals surface area contributed by atoms with Crippen LogP contribution in [0.1, 0.15) is 16.7 Å². The molecule has 0 amide bonds. The Morgan fingerprint density at radius 2 is 1.71 bits per heavy atom. The summed E-state index contributed by atoms with van der Waals surface area (Å²) in [6.45, 7) is 2.92. The van der Waals surface area contributed by atoms with Gasteiger partial charge < -0.3 is 15.3 Å². The van der Waals surface area contributed by atoms with E-state index in [0.29, 0.717) is 13.2 Å². The van der Waals surface area contributed by atoms with Crippen LogP contribution < -0.4 is 10.5 Å². The van der Waals surface area contributed by atoms with Crippen molar-refractivity contribution < 1.29 is 9.57 Å². The fourth-order valence-corrected chi connectivity index (χ4v) is 1.89. The van der Waals surface area contributed by atoms with Crippen molar-refractivity contribution in [3.63, 3.8) is 0 Å². The van der Waals surface area contributed by atoms with E-state index in [4.69, 9.17) is 15.3 Å². The van der Waals surface area contributed by atoms with Crippen LogP contribution in [-0.2, 0) is 11.4 Å². The topological polar surface area (TPSA) is 56.8 Å². The molecule has 21 heavy (non-hydrogen) atoms. The van der Waals surface area contributed by atoms with Crippen LogP contribution in [0.2, 0.25) is 0 Å². The highest BCUT2D eigenvalue weighted by atomic mass is 16.6. The second kappa shape index (κ2) is 7.45. The molecule has 2 aromatic rings. The Hall–Kier alpha value is -2.33. The average Bonchev–Trinajstić information content (AvgIpc) is 2.53. The second-order valence-electron chi connectivity index (χ2n) is 4.72.